The van der Waals surface area contributed by atoms with Gasteiger partial charge in [0.05, 0.1) is 18.8 Å². The van der Waals surface area contributed by atoms with E-state index in [1.54, 1.807) is 12.4 Å². The monoisotopic (exact) mass is 342 g/mol. The zero-order valence-corrected chi connectivity index (χ0v) is 14.1. The molecule has 2 aromatic heterocycles. The van der Waals surface area contributed by atoms with Crippen molar-refractivity contribution in [3.05, 3.63) is 30.4 Å². The molecule has 1 saturated carbocycles. The molecule has 3 heterocycles. The van der Waals surface area contributed by atoms with Crippen LogP contribution < -0.4 is 0 Å². The molecule has 0 unspecified atom stereocenters. The zero-order chi connectivity index (χ0) is 17.1. The number of pyridine rings is 1. The zero-order valence-electron chi connectivity index (χ0n) is 14.1. The molecular weight excluding hydrogens is 320 g/mol. The number of morpholine rings is 1. The molecule has 2 aromatic rings. The predicted octanol–water partition coefficient (Wildman–Crippen LogP) is 2.23. The van der Waals surface area contributed by atoms with Crippen LogP contribution in [-0.2, 0) is 16.0 Å². The fourth-order valence-corrected chi connectivity index (χ4v) is 3.74. The van der Waals surface area contributed by atoms with Crippen LogP contribution in [0.4, 0.5) is 0 Å². The lowest BCUT2D eigenvalue weighted by molar-refractivity contribution is -0.149. The summed E-state index contributed by atoms with van der Waals surface area (Å²) in [6.45, 7) is 1.33. The Kier molecular flexibility index (Phi) is 4.74. The van der Waals surface area contributed by atoms with Crippen molar-refractivity contribution in [1.29, 1.82) is 0 Å². The van der Waals surface area contributed by atoms with E-state index in [0.717, 1.165) is 18.4 Å². The van der Waals surface area contributed by atoms with Crippen LogP contribution in [0.25, 0.3) is 11.4 Å². The molecule has 2 fully saturated rings. The number of nitrogens with zero attached hydrogens (tertiary/aromatic N) is 4. The molecular formula is C18H22N4O3. The molecule has 0 bridgehead atoms. The van der Waals surface area contributed by atoms with Crippen LogP contribution in [0.5, 0.6) is 0 Å². The molecule has 2 atom stereocenters. The van der Waals surface area contributed by atoms with E-state index in [1.807, 2.05) is 17.0 Å². The molecule has 1 aliphatic heterocycles. The predicted molar refractivity (Wildman–Crippen MR) is 89.6 cm³/mol. The number of aromatic nitrogens is 3. The molecule has 1 aliphatic carbocycles. The van der Waals surface area contributed by atoms with Crippen LogP contribution in [-0.4, -0.2) is 51.2 Å². The van der Waals surface area contributed by atoms with Gasteiger partial charge in [0.15, 0.2) is 0 Å². The molecule has 0 aromatic carbocycles. The Bertz CT molecular complexity index is 716. The van der Waals surface area contributed by atoms with Gasteiger partial charge in [-0.25, -0.2) is 0 Å². The lowest BCUT2D eigenvalue weighted by Gasteiger charge is -2.43. The normalized spacial score (nSPS) is 23.3. The largest absolute Gasteiger partial charge is 0.374 e. The first-order valence-corrected chi connectivity index (χ1v) is 8.95. The van der Waals surface area contributed by atoms with E-state index in [2.05, 4.69) is 15.1 Å². The summed E-state index contributed by atoms with van der Waals surface area (Å²) >= 11 is 0. The maximum absolute atomic E-state index is 12.7. The first-order chi connectivity index (χ1) is 12.3. The van der Waals surface area contributed by atoms with Gasteiger partial charge in [-0.1, -0.05) is 18.0 Å². The minimum absolute atomic E-state index is 0.156. The van der Waals surface area contributed by atoms with E-state index in [0.29, 0.717) is 37.7 Å². The number of aryl methyl sites for hydroxylation is 1. The summed E-state index contributed by atoms with van der Waals surface area (Å²) in [7, 11) is 0. The van der Waals surface area contributed by atoms with Crippen molar-refractivity contribution in [3.63, 3.8) is 0 Å². The number of amides is 1. The van der Waals surface area contributed by atoms with Crippen molar-refractivity contribution >= 4 is 5.91 Å². The Hall–Kier alpha value is -2.28. The molecule has 0 radical (unpaired) electrons. The van der Waals surface area contributed by atoms with E-state index in [4.69, 9.17) is 9.26 Å². The van der Waals surface area contributed by atoms with Gasteiger partial charge in [0.1, 0.15) is 0 Å². The highest BCUT2D eigenvalue weighted by Crippen LogP contribution is 2.29. The Morgan fingerprint density at radius 3 is 2.96 bits per heavy atom. The summed E-state index contributed by atoms with van der Waals surface area (Å²) in [6, 6.07) is 3.90. The van der Waals surface area contributed by atoms with Crippen LogP contribution >= 0.6 is 0 Å². The highest BCUT2D eigenvalue weighted by atomic mass is 16.5. The van der Waals surface area contributed by atoms with Crippen molar-refractivity contribution in [2.24, 2.45) is 0 Å². The summed E-state index contributed by atoms with van der Waals surface area (Å²) in [4.78, 5) is 23.0. The first kappa shape index (κ1) is 16.2. The molecule has 0 spiro atoms. The molecule has 7 nitrogen and oxygen atoms in total. The Balaban J connectivity index is 1.36. The lowest BCUT2D eigenvalue weighted by atomic mass is 9.90. The number of carbonyl (C=O) groups is 1. The first-order valence-electron chi connectivity index (χ1n) is 8.95. The van der Waals surface area contributed by atoms with Crippen LogP contribution in [0, 0.1) is 0 Å². The smallest absolute Gasteiger partial charge is 0.227 e. The average Bonchev–Trinajstić information content (AvgIpc) is 3.15. The number of fused-ring (bicyclic) bond motifs is 1. The summed E-state index contributed by atoms with van der Waals surface area (Å²) in [6.07, 6.45) is 8.93. The number of hydrogen-bond acceptors (Lipinski definition) is 6. The second-order valence-corrected chi connectivity index (χ2v) is 6.60. The van der Waals surface area contributed by atoms with Crippen molar-refractivity contribution in [2.75, 3.05) is 13.2 Å². The van der Waals surface area contributed by atoms with Crippen LogP contribution in [0.15, 0.2) is 29.0 Å². The Morgan fingerprint density at radius 2 is 2.08 bits per heavy atom. The number of carbonyl (C=O) groups excluding carboxylic acids is 1. The van der Waals surface area contributed by atoms with Crippen molar-refractivity contribution in [3.8, 4) is 11.4 Å². The van der Waals surface area contributed by atoms with Gasteiger partial charge in [-0.2, -0.15) is 4.98 Å². The summed E-state index contributed by atoms with van der Waals surface area (Å²) in [5.41, 5.74) is 0.856. The minimum atomic E-state index is 0.156. The quantitative estimate of drug-likeness (QED) is 0.847. The van der Waals surface area contributed by atoms with E-state index < -0.39 is 0 Å². The maximum Gasteiger partial charge on any atom is 0.227 e. The van der Waals surface area contributed by atoms with Crippen molar-refractivity contribution in [1.82, 2.24) is 20.0 Å². The molecule has 132 valence electrons. The molecule has 0 N–H and O–H groups in total. The number of rotatable bonds is 4. The fourth-order valence-electron chi connectivity index (χ4n) is 3.74. The molecule has 1 saturated heterocycles. The summed E-state index contributed by atoms with van der Waals surface area (Å²) in [5, 5.41) is 3.98. The highest BCUT2D eigenvalue weighted by Gasteiger charge is 2.36. The molecule has 25 heavy (non-hydrogen) atoms. The van der Waals surface area contributed by atoms with Crippen LogP contribution in [0.3, 0.4) is 0 Å². The second kappa shape index (κ2) is 7.31. The van der Waals surface area contributed by atoms with Crippen LogP contribution in [0.1, 0.15) is 38.0 Å². The number of ether oxygens (including phenoxy) is 1. The standard InChI is InChI=1S/C18H22N4O3/c23-17(22-11-12-24-15-4-2-1-3-14(15)22)6-5-16-20-18(21-25-16)13-7-9-19-10-8-13/h7-10,14-15H,1-6,11-12H2/t14-,15-/m1/s1. The van der Waals surface area contributed by atoms with Crippen molar-refractivity contribution in [2.45, 2.75) is 50.7 Å². The Morgan fingerprint density at radius 1 is 1.24 bits per heavy atom. The third kappa shape index (κ3) is 3.56. The van der Waals surface area contributed by atoms with Gasteiger partial charge in [0.25, 0.3) is 0 Å². The average molecular weight is 342 g/mol. The Labute approximate surface area is 146 Å². The van der Waals surface area contributed by atoms with Crippen molar-refractivity contribution < 1.29 is 14.1 Å². The van der Waals surface area contributed by atoms with E-state index >= 15 is 0 Å². The van der Waals surface area contributed by atoms with Gasteiger partial charge >= 0.3 is 0 Å². The third-order valence-electron chi connectivity index (χ3n) is 5.01. The third-order valence-corrected chi connectivity index (χ3v) is 5.01. The van der Waals surface area contributed by atoms with Gasteiger partial charge in [0, 0.05) is 37.3 Å². The molecule has 2 aliphatic rings. The van der Waals surface area contributed by atoms with Gasteiger partial charge in [-0.3, -0.25) is 9.78 Å². The second-order valence-electron chi connectivity index (χ2n) is 6.60. The summed E-state index contributed by atoms with van der Waals surface area (Å²) in [5.74, 6) is 1.18. The number of hydrogen-bond donors (Lipinski definition) is 0. The lowest BCUT2D eigenvalue weighted by Crippen LogP contribution is -2.54. The summed E-state index contributed by atoms with van der Waals surface area (Å²) < 4.78 is 11.1. The SMILES string of the molecule is O=C(CCc1nc(-c2ccncc2)no1)N1CCO[C@@H]2CCCC[C@H]21. The fraction of sp³-hybridized carbons (Fsp3) is 0.556. The maximum atomic E-state index is 12.7. The van der Waals surface area contributed by atoms with Gasteiger partial charge in [-0.15, -0.1) is 0 Å². The van der Waals surface area contributed by atoms with E-state index in [-0.39, 0.29) is 18.1 Å². The highest BCUT2D eigenvalue weighted by molar-refractivity contribution is 5.77. The van der Waals surface area contributed by atoms with E-state index in [1.165, 1.54) is 12.8 Å². The van der Waals surface area contributed by atoms with E-state index in [9.17, 15) is 4.79 Å². The van der Waals surface area contributed by atoms with Gasteiger partial charge < -0.3 is 14.2 Å². The van der Waals surface area contributed by atoms with Crippen LogP contribution in [0.2, 0.25) is 0 Å². The molecule has 1 amide bonds. The minimum Gasteiger partial charge on any atom is -0.374 e. The van der Waals surface area contributed by atoms with Gasteiger partial charge in [0.2, 0.25) is 17.6 Å². The topological polar surface area (TPSA) is 81.3 Å². The molecule has 7 heteroatoms. The van der Waals surface area contributed by atoms with Gasteiger partial charge in [-0.05, 0) is 25.0 Å². The molecule has 4 rings (SSSR count).